The van der Waals surface area contributed by atoms with E-state index in [1.807, 2.05) is 0 Å². The molecule has 0 rings (SSSR count). The molecule has 0 saturated carbocycles. The molecule has 0 saturated heterocycles. The second kappa shape index (κ2) is 9.29. The molecule has 0 aliphatic rings. The van der Waals surface area contributed by atoms with Gasteiger partial charge >= 0.3 is 11.9 Å². The average molecular weight is 175 g/mol. The van der Waals surface area contributed by atoms with Crippen LogP contribution in [0.2, 0.25) is 0 Å². The van der Waals surface area contributed by atoms with Crippen molar-refractivity contribution in [1.29, 1.82) is 0 Å². The molecule has 1 radical (unpaired) electrons. The molecule has 0 bridgehead atoms. The van der Waals surface area contributed by atoms with Crippen LogP contribution in [0.15, 0.2) is 0 Å². The maximum Gasteiger partial charge on any atom is 0.303 e. The Morgan fingerprint density at radius 3 is 1.30 bits per heavy atom. The van der Waals surface area contributed by atoms with Crippen LogP contribution in [-0.4, -0.2) is 51.7 Å². The second-order valence-corrected chi connectivity index (χ2v) is 1.29. The second-order valence-electron chi connectivity index (χ2n) is 1.29. The summed E-state index contributed by atoms with van der Waals surface area (Å²) in [4.78, 5) is 19.3. The van der Waals surface area contributed by atoms with Crippen LogP contribution in [0.4, 0.5) is 0 Å². The maximum absolute atomic E-state index is 9.64. The summed E-state index contributed by atoms with van der Waals surface area (Å²) in [6.07, 6.45) is -0.593. The molecule has 0 aromatic carbocycles. The van der Waals surface area contributed by atoms with E-state index in [2.05, 4.69) is 0 Å². The number of carbonyl (C=O) groups is 2. The summed E-state index contributed by atoms with van der Waals surface area (Å²) in [5, 5.41) is 15.8. The van der Waals surface area contributed by atoms with Gasteiger partial charge < -0.3 is 10.2 Å². The molecule has 0 aromatic rings. The largest absolute Gasteiger partial charge is 0.481 e. The van der Waals surface area contributed by atoms with Crippen molar-refractivity contribution in [2.75, 3.05) is 0 Å². The van der Waals surface area contributed by atoms with E-state index in [1.165, 1.54) is 0 Å². The predicted molar refractivity (Wildman–Crippen MR) is 40.6 cm³/mol. The van der Waals surface area contributed by atoms with E-state index in [0.29, 0.717) is 0 Å². The zero-order chi connectivity index (χ0) is 6.57. The summed E-state index contributed by atoms with van der Waals surface area (Å²) in [7, 11) is 0. The minimum Gasteiger partial charge on any atom is -0.481 e. The fraction of sp³-hybridized carbons (Fsp3) is 0.500. The normalized spacial score (nSPS) is 6.80. The first-order valence-corrected chi connectivity index (χ1v) is 2.06. The first-order chi connectivity index (χ1) is 3.63. The van der Waals surface area contributed by atoms with Gasteiger partial charge in [-0.15, -0.1) is 0 Å². The van der Waals surface area contributed by atoms with Crippen LogP contribution in [-0.2, 0) is 9.59 Å². The third-order valence-electron chi connectivity index (χ3n) is 0.553. The smallest absolute Gasteiger partial charge is 0.303 e. The van der Waals surface area contributed by atoms with Gasteiger partial charge in [-0.1, -0.05) is 0 Å². The van der Waals surface area contributed by atoms with E-state index in [0.717, 1.165) is 0 Å². The fourth-order valence-corrected chi connectivity index (χ4v) is 0.214. The average Bonchev–Trinajstić information content (AvgIpc) is 1.61. The van der Waals surface area contributed by atoms with Gasteiger partial charge in [0.1, 0.15) is 0 Å². The van der Waals surface area contributed by atoms with E-state index in [-0.39, 0.29) is 55.9 Å². The summed E-state index contributed by atoms with van der Waals surface area (Å²) in [6, 6.07) is 0. The molecule has 0 fully saturated rings. The van der Waals surface area contributed by atoms with Gasteiger partial charge in [-0.2, -0.15) is 13.5 Å². The Bertz CT molecular complexity index is 102. The summed E-state index contributed by atoms with van der Waals surface area (Å²) in [6.45, 7) is 0. The molecule has 0 unspecified atom stereocenters. The number of carboxylic acid groups (broad SMARTS) is 2. The van der Waals surface area contributed by atoms with Crippen molar-refractivity contribution in [3.63, 3.8) is 0 Å². The Labute approximate surface area is 87.4 Å². The fourth-order valence-electron chi connectivity index (χ4n) is 0.214. The van der Waals surface area contributed by atoms with Gasteiger partial charge in [0.25, 0.3) is 0 Å². The summed E-state index contributed by atoms with van der Waals surface area (Å²) >= 11 is 0. The van der Waals surface area contributed by atoms with Crippen molar-refractivity contribution in [2.24, 2.45) is 0 Å². The van der Waals surface area contributed by atoms with Crippen LogP contribution in [0.3, 0.4) is 0 Å². The molecular formula is C4H8NaO4S. The summed E-state index contributed by atoms with van der Waals surface area (Å²) in [5.41, 5.74) is 0. The molecule has 0 aliphatic carbocycles. The Morgan fingerprint density at radius 2 is 1.20 bits per heavy atom. The minimum atomic E-state index is -1.08. The molecule has 55 valence electrons. The van der Waals surface area contributed by atoms with Crippen LogP contribution in [0.1, 0.15) is 12.8 Å². The molecule has 6 heteroatoms. The molecule has 0 atom stereocenters. The first-order valence-electron chi connectivity index (χ1n) is 2.06. The topological polar surface area (TPSA) is 74.6 Å². The van der Waals surface area contributed by atoms with Crippen LogP contribution >= 0.6 is 13.5 Å². The van der Waals surface area contributed by atoms with Crippen molar-refractivity contribution in [3.05, 3.63) is 0 Å². The van der Waals surface area contributed by atoms with Gasteiger partial charge in [0.2, 0.25) is 0 Å². The maximum atomic E-state index is 9.64. The molecule has 10 heavy (non-hydrogen) atoms. The third-order valence-corrected chi connectivity index (χ3v) is 0.553. The molecular weight excluding hydrogens is 167 g/mol. The van der Waals surface area contributed by atoms with E-state index >= 15 is 0 Å². The van der Waals surface area contributed by atoms with Crippen LogP contribution in [0, 0.1) is 0 Å². The summed E-state index contributed by atoms with van der Waals surface area (Å²) < 4.78 is 0. The van der Waals surface area contributed by atoms with Crippen LogP contribution in [0.5, 0.6) is 0 Å². The molecule has 0 aliphatic heterocycles. The van der Waals surface area contributed by atoms with E-state index in [9.17, 15) is 9.59 Å². The van der Waals surface area contributed by atoms with E-state index in [1.54, 1.807) is 0 Å². The number of hydrogen-bond donors (Lipinski definition) is 2. The number of aliphatic carboxylic acids is 2. The van der Waals surface area contributed by atoms with E-state index < -0.39 is 11.9 Å². The third kappa shape index (κ3) is 15.7. The van der Waals surface area contributed by atoms with Gasteiger partial charge in [0, 0.05) is 29.6 Å². The first kappa shape index (κ1) is 16.7. The van der Waals surface area contributed by atoms with E-state index in [4.69, 9.17) is 10.2 Å². The quantitative estimate of drug-likeness (QED) is 0.576. The van der Waals surface area contributed by atoms with Crippen LogP contribution < -0.4 is 0 Å². The Morgan fingerprint density at radius 1 is 1.00 bits per heavy atom. The van der Waals surface area contributed by atoms with Crippen molar-refractivity contribution in [2.45, 2.75) is 12.8 Å². The Kier molecular flexibility index (Phi) is 15.5. The van der Waals surface area contributed by atoms with Crippen LogP contribution in [0.25, 0.3) is 0 Å². The van der Waals surface area contributed by atoms with Crippen molar-refractivity contribution < 1.29 is 19.8 Å². The van der Waals surface area contributed by atoms with Crippen molar-refractivity contribution >= 4 is 55.0 Å². The molecule has 0 spiro atoms. The van der Waals surface area contributed by atoms with Gasteiger partial charge in [0.15, 0.2) is 0 Å². The van der Waals surface area contributed by atoms with Gasteiger partial charge in [0.05, 0.1) is 12.8 Å². The monoisotopic (exact) mass is 175 g/mol. The minimum absolute atomic E-state index is 0. The Balaban J connectivity index is -0.000000245. The van der Waals surface area contributed by atoms with Crippen molar-refractivity contribution in [1.82, 2.24) is 0 Å². The number of hydrogen-bond acceptors (Lipinski definition) is 2. The molecule has 2 N–H and O–H groups in total. The predicted octanol–water partition coefficient (Wildman–Crippen LogP) is -0.332. The molecule has 4 nitrogen and oxygen atoms in total. The van der Waals surface area contributed by atoms with Gasteiger partial charge in [-0.05, 0) is 0 Å². The molecule has 0 amide bonds. The zero-order valence-corrected chi connectivity index (χ0v) is 8.63. The number of rotatable bonds is 3. The molecule has 0 aromatic heterocycles. The van der Waals surface area contributed by atoms with Gasteiger partial charge in [-0.3, -0.25) is 9.59 Å². The number of carboxylic acids is 2. The Hall–Kier alpha value is 0.290. The SMILES string of the molecule is O=C(O)CCC(=O)O.S.[Na]. The van der Waals surface area contributed by atoms with Gasteiger partial charge in [-0.25, -0.2) is 0 Å². The summed E-state index contributed by atoms with van der Waals surface area (Å²) in [5.74, 6) is -2.15. The zero-order valence-electron chi connectivity index (χ0n) is 5.63. The standard InChI is InChI=1S/C4H6O4.Na.H2S/c5-3(6)1-2-4(7)8;;/h1-2H2,(H,5,6)(H,7,8);;1H2. The molecule has 0 heterocycles. The van der Waals surface area contributed by atoms with Crippen molar-refractivity contribution in [3.8, 4) is 0 Å².